The van der Waals surface area contributed by atoms with Gasteiger partial charge in [0, 0.05) is 60.7 Å². The van der Waals surface area contributed by atoms with Crippen molar-refractivity contribution in [3.8, 4) is 16.9 Å². The lowest BCUT2D eigenvalue weighted by Gasteiger charge is -2.36. The molecule has 0 aromatic heterocycles. The number of carbonyl (C=O) groups excluding carboxylic acids is 4. The molecular weight excluding hydrogens is 737 g/mol. The van der Waals surface area contributed by atoms with Crippen molar-refractivity contribution in [2.75, 3.05) is 27.9 Å². The second-order valence-corrected chi connectivity index (χ2v) is 16.7. The molecule has 3 heterocycles. The number of nitrogens with one attached hydrogen (secondary N) is 2. The third-order valence-electron chi connectivity index (χ3n) is 12.7. The first-order valence-corrected chi connectivity index (χ1v) is 20.5. The van der Waals surface area contributed by atoms with Crippen LogP contribution >= 0.6 is 0 Å². The Morgan fingerprint density at radius 1 is 0.793 bits per heavy atom. The minimum atomic E-state index is -0.675. The maximum atomic E-state index is 14.0. The molecule has 3 fully saturated rings. The van der Waals surface area contributed by atoms with Gasteiger partial charge in [0.15, 0.2) is 0 Å². The van der Waals surface area contributed by atoms with Crippen LogP contribution in [0.15, 0.2) is 64.8 Å². The van der Waals surface area contributed by atoms with Gasteiger partial charge in [-0.25, -0.2) is 20.0 Å². The molecule has 0 radical (unpaired) electrons. The van der Waals surface area contributed by atoms with Crippen LogP contribution in [0, 0.1) is 29.6 Å². The van der Waals surface area contributed by atoms with E-state index in [1.807, 2.05) is 51.1 Å². The fourth-order valence-corrected chi connectivity index (χ4v) is 9.77. The Morgan fingerprint density at radius 2 is 1.43 bits per heavy atom. The Labute approximate surface area is 340 Å². The molecular formula is C45H56N6O7. The minimum absolute atomic E-state index is 0.0476. The topological polar surface area (TPSA) is 151 Å². The molecule has 7 rings (SSSR count). The Morgan fingerprint density at radius 3 is 2.10 bits per heavy atom. The standard InChI is InChI=1S/C45H56N6O7/c1-25(2)41(48-44(54)57-6)43(53)50-18-8-9-37(50)35-20-33(24-46-35)29-16-17-34(38(22-29)56-5)28-12-10-27(11-13-28)32-21-36(47-23-32)39-30-14-15-31(19-30)40(39)42(52)51(26(3)4)49-45(55)58-7/h10-13,16-17,22-26,30-31,37,39-41H,8-9,14-15,18-21H2,1-7H3,(H,48,54)(H,49,55)/t30?,31?,37-,39?,40-,41-/m0/s1. The number of hydrazine groups is 1. The van der Waals surface area contributed by atoms with E-state index in [1.54, 1.807) is 7.11 Å². The van der Waals surface area contributed by atoms with Crippen molar-refractivity contribution in [2.45, 2.75) is 90.8 Å². The first-order chi connectivity index (χ1) is 27.9. The van der Waals surface area contributed by atoms with Gasteiger partial charge in [-0.3, -0.25) is 19.6 Å². The largest absolute Gasteiger partial charge is 0.496 e. The lowest BCUT2D eigenvalue weighted by atomic mass is 9.74. The fourth-order valence-electron chi connectivity index (χ4n) is 9.77. The molecule has 5 aliphatic rings. The number of ether oxygens (including phenoxy) is 3. The zero-order valence-electron chi connectivity index (χ0n) is 34.6. The zero-order valence-corrected chi connectivity index (χ0v) is 34.6. The second-order valence-electron chi connectivity index (χ2n) is 16.7. The van der Waals surface area contributed by atoms with Gasteiger partial charge in [-0.1, -0.05) is 50.2 Å². The van der Waals surface area contributed by atoms with E-state index in [4.69, 9.17) is 24.2 Å². The van der Waals surface area contributed by atoms with E-state index < -0.39 is 18.2 Å². The fraction of sp³-hybridized carbons (Fsp3) is 0.511. The second kappa shape index (κ2) is 17.2. The van der Waals surface area contributed by atoms with Crippen LogP contribution < -0.4 is 15.5 Å². The summed E-state index contributed by atoms with van der Waals surface area (Å²) in [7, 11) is 4.28. The highest BCUT2D eigenvalue weighted by atomic mass is 16.5. The van der Waals surface area contributed by atoms with Crippen LogP contribution in [0.1, 0.15) is 83.8 Å². The number of benzene rings is 2. The van der Waals surface area contributed by atoms with Crippen LogP contribution in [0.4, 0.5) is 9.59 Å². The lowest BCUT2D eigenvalue weighted by molar-refractivity contribution is -0.143. The minimum Gasteiger partial charge on any atom is -0.496 e. The highest BCUT2D eigenvalue weighted by molar-refractivity contribution is 6.04. The number of aliphatic imine (C=N–C) groups is 2. The third kappa shape index (κ3) is 8.00. The van der Waals surface area contributed by atoms with Crippen molar-refractivity contribution < 1.29 is 33.4 Å². The summed E-state index contributed by atoms with van der Waals surface area (Å²) in [6.45, 7) is 8.23. The molecule has 2 aromatic carbocycles. The third-order valence-corrected chi connectivity index (χ3v) is 12.7. The van der Waals surface area contributed by atoms with Gasteiger partial charge in [-0.2, -0.15) is 0 Å². The van der Waals surface area contributed by atoms with Crippen molar-refractivity contribution in [1.82, 2.24) is 20.7 Å². The quantitative estimate of drug-likeness (QED) is 0.227. The highest BCUT2D eigenvalue weighted by Crippen LogP contribution is 2.54. The van der Waals surface area contributed by atoms with Gasteiger partial charge in [0.2, 0.25) is 11.8 Å². The molecule has 58 heavy (non-hydrogen) atoms. The van der Waals surface area contributed by atoms with Gasteiger partial charge in [-0.05, 0) is 97.6 Å². The van der Waals surface area contributed by atoms with E-state index in [0.29, 0.717) is 25.3 Å². The van der Waals surface area contributed by atoms with E-state index in [0.717, 1.165) is 82.7 Å². The normalized spacial score (nSPS) is 23.9. The Kier molecular flexibility index (Phi) is 12.1. The number of likely N-dealkylation sites (tertiary alicyclic amines) is 1. The Hall–Kier alpha value is -5.46. The first kappa shape index (κ1) is 40.7. The van der Waals surface area contributed by atoms with Gasteiger partial charge < -0.3 is 24.4 Å². The van der Waals surface area contributed by atoms with Crippen molar-refractivity contribution in [2.24, 2.45) is 39.6 Å². The number of hydrogen-bond donors (Lipinski definition) is 2. The molecule has 0 spiro atoms. The summed E-state index contributed by atoms with van der Waals surface area (Å²) in [5, 5.41) is 4.16. The van der Waals surface area contributed by atoms with Crippen LogP contribution in [0.5, 0.6) is 5.75 Å². The van der Waals surface area contributed by atoms with Gasteiger partial charge in [-0.15, -0.1) is 0 Å². The van der Waals surface area contributed by atoms with E-state index in [2.05, 4.69) is 47.1 Å². The van der Waals surface area contributed by atoms with Crippen molar-refractivity contribution in [1.29, 1.82) is 0 Å². The SMILES string of the molecule is COC(=O)N[C@H](C(=O)N1CCC[C@H]1C1=NC=C(c2ccc(-c3ccc(C4=CN=C(C5C6CCC(C6)[C@@H]5C(=O)N(NC(=O)OC)C(C)C)C4)cc3)c(OC)c2)C1)C(C)C. The monoisotopic (exact) mass is 792 g/mol. The number of rotatable bonds is 11. The van der Waals surface area contributed by atoms with Gasteiger partial charge in [0.05, 0.1) is 33.3 Å². The summed E-state index contributed by atoms with van der Waals surface area (Å²) in [4.78, 5) is 63.3. The Bertz CT molecular complexity index is 2050. The number of nitrogens with zero attached hydrogens (tertiary/aromatic N) is 4. The molecule has 3 unspecified atom stereocenters. The summed E-state index contributed by atoms with van der Waals surface area (Å²) in [5.74, 6) is 1.00. The highest BCUT2D eigenvalue weighted by Gasteiger charge is 2.54. The number of hydrogen-bond acceptors (Lipinski definition) is 9. The van der Waals surface area contributed by atoms with Crippen LogP contribution in [0.3, 0.4) is 0 Å². The summed E-state index contributed by atoms with van der Waals surface area (Å²) < 4.78 is 15.5. The molecule has 2 bridgehead atoms. The van der Waals surface area contributed by atoms with Crippen LogP contribution in [-0.4, -0.2) is 91.3 Å². The van der Waals surface area contributed by atoms with E-state index in [9.17, 15) is 19.2 Å². The van der Waals surface area contributed by atoms with E-state index in [-0.39, 0.29) is 47.6 Å². The lowest BCUT2D eigenvalue weighted by Crippen LogP contribution is -2.54. The van der Waals surface area contributed by atoms with Crippen molar-refractivity contribution in [3.63, 3.8) is 0 Å². The number of methoxy groups -OCH3 is 3. The predicted octanol–water partition coefficient (Wildman–Crippen LogP) is 7.28. The maximum Gasteiger partial charge on any atom is 0.425 e. The van der Waals surface area contributed by atoms with E-state index in [1.165, 1.54) is 19.2 Å². The smallest absolute Gasteiger partial charge is 0.425 e. The number of carbonyl (C=O) groups is 4. The summed E-state index contributed by atoms with van der Waals surface area (Å²) >= 11 is 0. The number of fused-ring (bicyclic) bond motifs is 2. The van der Waals surface area contributed by atoms with Gasteiger partial charge in [0.1, 0.15) is 11.8 Å². The average Bonchev–Trinajstić information content (AvgIpc) is 4.09. The van der Waals surface area contributed by atoms with Gasteiger partial charge in [0.25, 0.3) is 0 Å². The van der Waals surface area contributed by atoms with Crippen LogP contribution in [-0.2, 0) is 19.1 Å². The summed E-state index contributed by atoms with van der Waals surface area (Å²) in [6.07, 6.45) is 8.72. The summed E-state index contributed by atoms with van der Waals surface area (Å²) in [5.41, 5.74) is 10.9. The number of alkyl carbamates (subject to hydrolysis) is 1. The first-order valence-electron chi connectivity index (χ1n) is 20.5. The molecule has 2 saturated carbocycles. The average molecular weight is 793 g/mol. The molecule has 2 N–H and O–H groups in total. The van der Waals surface area contributed by atoms with Crippen LogP contribution in [0.2, 0.25) is 0 Å². The molecule has 2 aromatic rings. The molecule has 4 amide bonds. The zero-order chi connectivity index (χ0) is 41.2. The van der Waals surface area contributed by atoms with Gasteiger partial charge >= 0.3 is 12.2 Å². The molecule has 13 heteroatoms. The van der Waals surface area contributed by atoms with Crippen molar-refractivity contribution >= 4 is 46.6 Å². The summed E-state index contributed by atoms with van der Waals surface area (Å²) in [6, 6.07) is 13.7. The molecule has 2 aliphatic carbocycles. The maximum absolute atomic E-state index is 14.0. The molecule has 6 atom stereocenters. The predicted molar refractivity (Wildman–Crippen MR) is 223 cm³/mol. The Balaban J connectivity index is 0.996. The van der Waals surface area contributed by atoms with E-state index >= 15 is 0 Å². The number of amides is 4. The number of allylic oxidation sites excluding steroid dienone is 2. The molecule has 1 saturated heterocycles. The molecule has 13 nitrogen and oxygen atoms in total. The van der Waals surface area contributed by atoms with Crippen LogP contribution in [0.25, 0.3) is 22.3 Å². The molecule has 308 valence electrons. The van der Waals surface area contributed by atoms with Crippen molar-refractivity contribution in [3.05, 3.63) is 66.0 Å². The molecule has 3 aliphatic heterocycles.